The molecular formula is C20H22N4O2. The number of hydrogen-bond donors (Lipinski definition) is 3. The Morgan fingerprint density at radius 1 is 0.962 bits per heavy atom. The number of nitrogens with one attached hydrogen (secondary N) is 3. The number of H-pyrrole nitrogens is 2. The summed E-state index contributed by atoms with van der Waals surface area (Å²) in [5, 5.41) is 2.88. The lowest BCUT2D eigenvalue weighted by atomic mass is 10.1. The Hall–Kier alpha value is -2.86. The van der Waals surface area contributed by atoms with E-state index in [4.69, 9.17) is 0 Å². The van der Waals surface area contributed by atoms with Crippen LogP contribution in [0.2, 0.25) is 0 Å². The van der Waals surface area contributed by atoms with E-state index < -0.39 is 0 Å². The molecule has 0 bridgehead atoms. The van der Waals surface area contributed by atoms with Crippen molar-refractivity contribution in [3.63, 3.8) is 0 Å². The van der Waals surface area contributed by atoms with Crippen molar-refractivity contribution in [2.24, 2.45) is 0 Å². The van der Waals surface area contributed by atoms with Crippen LogP contribution in [0, 0.1) is 0 Å². The topological polar surface area (TPSA) is 81.0 Å². The summed E-state index contributed by atoms with van der Waals surface area (Å²) in [5.41, 5.74) is 3.63. The number of aromatic nitrogens is 2. The first-order valence-electron chi connectivity index (χ1n) is 9.02. The second kappa shape index (κ2) is 7.17. The van der Waals surface area contributed by atoms with Crippen molar-refractivity contribution in [3.8, 4) is 0 Å². The molecule has 2 heterocycles. The van der Waals surface area contributed by atoms with E-state index in [1.165, 1.54) is 24.8 Å². The fourth-order valence-electron chi connectivity index (χ4n) is 3.45. The van der Waals surface area contributed by atoms with Gasteiger partial charge in [-0.15, -0.1) is 0 Å². The Kier molecular flexibility index (Phi) is 4.58. The molecule has 134 valence electrons. The molecule has 1 aliphatic heterocycles. The molecule has 1 aliphatic rings. The molecule has 26 heavy (non-hydrogen) atoms. The number of anilines is 1. The Bertz CT molecular complexity index is 965. The van der Waals surface area contributed by atoms with Gasteiger partial charge in [-0.2, -0.15) is 0 Å². The van der Waals surface area contributed by atoms with E-state index in [9.17, 15) is 9.59 Å². The zero-order chi connectivity index (χ0) is 17.9. The van der Waals surface area contributed by atoms with Crippen molar-refractivity contribution in [1.82, 2.24) is 14.9 Å². The molecule has 2 aromatic carbocycles. The minimum Gasteiger partial charge on any atom is -0.322 e. The lowest BCUT2D eigenvalue weighted by molar-refractivity contribution is 0.102. The second-order valence-electron chi connectivity index (χ2n) is 6.83. The first-order chi connectivity index (χ1) is 12.7. The summed E-state index contributed by atoms with van der Waals surface area (Å²) in [7, 11) is 0. The molecule has 0 spiro atoms. The van der Waals surface area contributed by atoms with Crippen LogP contribution in [-0.2, 0) is 6.54 Å². The maximum atomic E-state index is 12.5. The van der Waals surface area contributed by atoms with Gasteiger partial charge < -0.3 is 15.3 Å². The molecule has 4 rings (SSSR count). The van der Waals surface area contributed by atoms with Crippen molar-refractivity contribution in [3.05, 3.63) is 64.1 Å². The van der Waals surface area contributed by atoms with Crippen LogP contribution in [0.1, 0.15) is 35.2 Å². The fraction of sp³-hybridized carbons (Fsp3) is 0.300. The number of likely N-dealkylation sites (tertiary alicyclic amines) is 1. The highest BCUT2D eigenvalue weighted by atomic mass is 16.2. The molecule has 1 aromatic heterocycles. The van der Waals surface area contributed by atoms with Gasteiger partial charge in [0.05, 0.1) is 11.0 Å². The van der Waals surface area contributed by atoms with Crippen molar-refractivity contribution in [2.75, 3.05) is 18.4 Å². The number of fused-ring (bicyclic) bond motifs is 1. The third kappa shape index (κ3) is 3.70. The standard InChI is InChI=1S/C20H22N4O2/c25-19(21-16-8-9-17-18(12-16)23-20(26)22-17)15-6-4-14(5-7-15)13-24-10-2-1-3-11-24/h4-9,12H,1-3,10-11,13H2,(H,21,25)(H2,22,23,26). The summed E-state index contributed by atoms with van der Waals surface area (Å²) in [6, 6.07) is 13.1. The number of imidazole rings is 1. The number of rotatable bonds is 4. The third-order valence-corrected chi connectivity index (χ3v) is 4.84. The zero-order valence-corrected chi connectivity index (χ0v) is 14.5. The molecule has 1 saturated heterocycles. The summed E-state index contributed by atoms with van der Waals surface area (Å²) < 4.78 is 0. The average Bonchev–Trinajstić information content (AvgIpc) is 3.02. The van der Waals surface area contributed by atoms with Gasteiger partial charge in [0.1, 0.15) is 0 Å². The Morgan fingerprint density at radius 2 is 1.69 bits per heavy atom. The second-order valence-corrected chi connectivity index (χ2v) is 6.83. The zero-order valence-electron chi connectivity index (χ0n) is 14.5. The van der Waals surface area contributed by atoms with Crippen LogP contribution in [-0.4, -0.2) is 33.9 Å². The lowest BCUT2D eigenvalue weighted by Gasteiger charge is -2.26. The van der Waals surface area contributed by atoms with E-state index in [2.05, 4.69) is 20.2 Å². The highest BCUT2D eigenvalue weighted by molar-refractivity contribution is 6.04. The molecule has 0 atom stereocenters. The minimum atomic E-state index is -0.257. The first kappa shape index (κ1) is 16.6. The largest absolute Gasteiger partial charge is 0.323 e. The lowest BCUT2D eigenvalue weighted by Crippen LogP contribution is -2.29. The number of nitrogens with zero attached hydrogens (tertiary/aromatic N) is 1. The van der Waals surface area contributed by atoms with Gasteiger partial charge in [-0.1, -0.05) is 18.6 Å². The molecule has 1 amide bonds. The van der Waals surface area contributed by atoms with E-state index in [-0.39, 0.29) is 11.6 Å². The van der Waals surface area contributed by atoms with Gasteiger partial charge in [-0.05, 0) is 61.8 Å². The Balaban J connectivity index is 1.42. The minimum absolute atomic E-state index is 0.160. The number of piperidine rings is 1. The predicted octanol–water partition coefficient (Wildman–Crippen LogP) is 3.09. The highest BCUT2D eigenvalue weighted by Crippen LogP contribution is 2.17. The quantitative estimate of drug-likeness (QED) is 0.676. The maximum Gasteiger partial charge on any atom is 0.323 e. The maximum absolute atomic E-state index is 12.5. The molecule has 0 unspecified atom stereocenters. The SMILES string of the molecule is O=C(Nc1ccc2[nH]c(=O)[nH]c2c1)c1ccc(CN2CCCCC2)cc1. The molecule has 0 aliphatic carbocycles. The van der Waals surface area contributed by atoms with E-state index in [0.717, 1.165) is 25.2 Å². The van der Waals surface area contributed by atoms with E-state index in [0.29, 0.717) is 16.8 Å². The van der Waals surface area contributed by atoms with Crippen molar-refractivity contribution in [2.45, 2.75) is 25.8 Å². The van der Waals surface area contributed by atoms with Gasteiger partial charge >= 0.3 is 5.69 Å². The number of aromatic amines is 2. The van der Waals surface area contributed by atoms with Crippen LogP contribution in [0.15, 0.2) is 47.3 Å². The van der Waals surface area contributed by atoms with Crippen LogP contribution < -0.4 is 11.0 Å². The predicted molar refractivity (Wildman–Crippen MR) is 102 cm³/mol. The van der Waals surface area contributed by atoms with Crippen molar-refractivity contribution >= 4 is 22.6 Å². The van der Waals surface area contributed by atoms with Crippen LogP contribution in [0.25, 0.3) is 11.0 Å². The monoisotopic (exact) mass is 350 g/mol. The number of benzene rings is 2. The van der Waals surface area contributed by atoms with Crippen LogP contribution in [0.4, 0.5) is 5.69 Å². The molecule has 1 fully saturated rings. The van der Waals surface area contributed by atoms with Crippen molar-refractivity contribution < 1.29 is 4.79 Å². The van der Waals surface area contributed by atoms with E-state index in [1.54, 1.807) is 18.2 Å². The van der Waals surface area contributed by atoms with Crippen LogP contribution in [0.3, 0.4) is 0 Å². The Labute approximate surface area is 151 Å². The summed E-state index contributed by atoms with van der Waals surface area (Å²) in [6.07, 6.45) is 3.88. The molecule has 6 nitrogen and oxygen atoms in total. The van der Waals surface area contributed by atoms with Crippen LogP contribution in [0.5, 0.6) is 0 Å². The molecule has 6 heteroatoms. The molecule has 0 radical (unpaired) electrons. The van der Waals surface area contributed by atoms with E-state index in [1.807, 2.05) is 24.3 Å². The summed E-state index contributed by atoms with van der Waals surface area (Å²) in [4.78, 5) is 31.6. The van der Waals surface area contributed by atoms with Gasteiger partial charge in [0.2, 0.25) is 0 Å². The third-order valence-electron chi connectivity index (χ3n) is 4.84. The van der Waals surface area contributed by atoms with Gasteiger partial charge in [-0.25, -0.2) is 4.79 Å². The summed E-state index contributed by atoms with van der Waals surface area (Å²) in [5.74, 6) is -0.160. The number of amides is 1. The van der Waals surface area contributed by atoms with Gasteiger partial charge in [0.25, 0.3) is 5.91 Å². The number of carbonyl (C=O) groups is 1. The summed E-state index contributed by atoms with van der Waals surface area (Å²) in [6.45, 7) is 3.26. The van der Waals surface area contributed by atoms with Gasteiger partial charge in [-0.3, -0.25) is 9.69 Å². The Morgan fingerprint density at radius 3 is 2.46 bits per heavy atom. The number of carbonyl (C=O) groups excluding carboxylic acids is 1. The number of hydrogen-bond acceptors (Lipinski definition) is 3. The van der Waals surface area contributed by atoms with E-state index >= 15 is 0 Å². The molecular weight excluding hydrogens is 328 g/mol. The first-order valence-corrected chi connectivity index (χ1v) is 9.02. The fourth-order valence-corrected chi connectivity index (χ4v) is 3.45. The summed E-state index contributed by atoms with van der Waals surface area (Å²) >= 11 is 0. The average molecular weight is 350 g/mol. The molecule has 3 aromatic rings. The highest BCUT2D eigenvalue weighted by Gasteiger charge is 2.11. The molecule has 3 N–H and O–H groups in total. The van der Waals surface area contributed by atoms with Crippen molar-refractivity contribution in [1.29, 1.82) is 0 Å². The van der Waals surface area contributed by atoms with Crippen LogP contribution >= 0.6 is 0 Å². The smallest absolute Gasteiger partial charge is 0.322 e. The normalized spacial score (nSPS) is 15.2. The van der Waals surface area contributed by atoms with Gasteiger partial charge in [0, 0.05) is 17.8 Å². The molecule has 0 saturated carbocycles. The van der Waals surface area contributed by atoms with Gasteiger partial charge in [0.15, 0.2) is 0 Å².